The van der Waals surface area contributed by atoms with Crippen LogP contribution >= 0.6 is 0 Å². The van der Waals surface area contributed by atoms with Crippen LogP contribution in [-0.2, 0) is 7.05 Å². The van der Waals surface area contributed by atoms with Gasteiger partial charge in [-0.25, -0.2) is 4.68 Å². The van der Waals surface area contributed by atoms with Crippen molar-refractivity contribution in [3.8, 4) is 5.88 Å². The van der Waals surface area contributed by atoms with Crippen LogP contribution in [0.3, 0.4) is 0 Å². The number of nitrogens with two attached hydrogens (primary N) is 1. The highest BCUT2D eigenvalue weighted by atomic mass is 16.5. The molecule has 20 heavy (non-hydrogen) atoms. The van der Waals surface area contributed by atoms with E-state index in [0.29, 0.717) is 23.1 Å². The predicted molar refractivity (Wildman–Crippen MR) is 77.1 cm³/mol. The zero-order chi connectivity index (χ0) is 14.7. The van der Waals surface area contributed by atoms with E-state index in [9.17, 15) is 0 Å². The molecule has 0 radical (unpaired) electrons. The Morgan fingerprint density at radius 1 is 1.50 bits per heavy atom. The molecule has 1 aliphatic carbocycles. The summed E-state index contributed by atoms with van der Waals surface area (Å²) in [5.74, 6) is 1.22. The lowest BCUT2D eigenvalue weighted by atomic mass is 9.85. The van der Waals surface area contributed by atoms with E-state index in [0.717, 1.165) is 12.8 Å². The fourth-order valence-corrected chi connectivity index (χ4v) is 3.06. The highest BCUT2D eigenvalue weighted by Crippen LogP contribution is 2.32. The van der Waals surface area contributed by atoms with E-state index in [1.54, 1.807) is 4.68 Å². The van der Waals surface area contributed by atoms with Crippen molar-refractivity contribution in [2.75, 3.05) is 0 Å². The molecule has 6 nitrogen and oxygen atoms in total. The lowest BCUT2D eigenvalue weighted by Crippen LogP contribution is -2.31. The third-order valence-electron chi connectivity index (χ3n) is 4.16. The Morgan fingerprint density at radius 2 is 2.20 bits per heavy atom. The summed E-state index contributed by atoms with van der Waals surface area (Å²) in [4.78, 5) is 0. The van der Waals surface area contributed by atoms with E-state index in [-0.39, 0.29) is 11.9 Å². The van der Waals surface area contributed by atoms with Crippen LogP contribution < -0.4 is 10.5 Å². The summed E-state index contributed by atoms with van der Waals surface area (Å²) in [7, 11) is 1.82. The van der Waals surface area contributed by atoms with Gasteiger partial charge in [0.1, 0.15) is 11.7 Å². The number of ether oxygens (including phenoxy) is 1. The molecule has 1 aromatic heterocycles. The van der Waals surface area contributed by atoms with Crippen molar-refractivity contribution in [3.05, 3.63) is 11.3 Å². The Hall–Kier alpha value is -1.72. The molecule has 1 aromatic rings. The SMILES string of the molecule is CCC1CCCCC1Oc1c(C(N)=NO)c(C)nn1C. The maximum atomic E-state index is 8.92. The summed E-state index contributed by atoms with van der Waals surface area (Å²) in [5, 5.41) is 16.3. The number of rotatable bonds is 4. The van der Waals surface area contributed by atoms with E-state index < -0.39 is 0 Å². The topological polar surface area (TPSA) is 85.7 Å². The fraction of sp³-hybridized carbons (Fsp3) is 0.714. The summed E-state index contributed by atoms with van der Waals surface area (Å²) < 4.78 is 7.86. The fourth-order valence-electron chi connectivity index (χ4n) is 3.06. The normalized spacial score (nSPS) is 23.9. The zero-order valence-electron chi connectivity index (χ0n) is 12.5. The summed E-state index contributed by atoms with van der Waals surface area (Å²) in [6.07, 6.45) is 6.02. The van der Waals surface area contributed by atoms with Gasteiger partial charge < -0.3 is 15.7 Å². The molecule has 2 rings (SSSR count). The van der Waals surface area contributed by atoms with Gasteiger partial charge in [0.05, 0.1) is 5.69 Å². The van der Waals surface area contributed by atoms with Crippen molar-refractivity contribution >= 4 is 5.84 Å². The van der Waals surface area contributed by atoms with Crippen LogP contribution in [0.25, 0.3) is 0 Å². The second-order valence-corrected chi connectivity index (χ2v) is 5.48. The molecule has 0 bridgehead atoms. The first-order chi connectivity index (χ1) is 9.58. The zero-order valence-corrected chi connectivity index (χ0v) is 12.5. The van der Waals surface area contributed by atoms with Gasteiger partial charge in [0, 0.05) is 7.05 Å². The van der Waals surface area contributed by atoms with Gasteiger partial charge in [-0.05, 0) is 38.5 Å². The molecule has 112 valence electrons. The average Bonchev–Trinajstić information content (AvgIpc) is 2.73. The van der Waals surface area contributed by atoms with Crippen molar-refractivity contribution in [1.29, 1.82) is 0 Å². The Labute approximate surface area is 119 Å². The van der Waals surface area contributed by atoms with Crippen molar-refractivity contribution in [1.82, 2.24) is 9.78 Å². The smallest absolute Gasteiger partial charge is 0.223 e. The lowest BCUT2D eigenvalue weighted by Gasteiger charge is -2.31. The molecule has 2 unspecified atom stereocenters. The highest BCUT2D eigenvalue weighted by molar-refractivity contribution is 6.00. The molecule has 0 amide bonds. The van der Waals surface area contributed by atoms with Crippen LogP contribution in [0.15, 0.2) is 5.16 Å². The number of oxime groups is 1. The van der Waals surface area contributed by atoms with Gasteiger partial charge in [0.15, 0.2) is 5.84 Å². The molecular formula is C14H24N4O2. The molecule has 0 saturated heterocycles. The second kappa shape index (κ2) is 6.15. The Kier molecular flexibility index (Phi) is 4.52. The van der Waals surface area contributed by atoms with Crippen molar-refractivity contribution in [2.45, 2.75) is 52.1 Å². The maximum absolute atomic E-state index is 8.92. The molecule has 0 spiro atoms. The first-order valence-electron chi connectivity index (χ1n) is 7.26. The van der Waals surface area contributed by atoms with Gasteiger partial charge in [0.25, 0.3) is 0 Å². The minimum atomic E-state index is 0.0504. The molecule has 1 fully saturated rings. The van der Waals surface area contributed by atoms with Crippen molar-refractivity contribution < 1.29 is 9.94 Å². The summed E-state index contributed by atoms with van der Waals surface area (Å²) in [6.45, 7) is 4.03. The number of amidine groups is 1. The number of hydrogen-bond donors (Lipinski definition) is 2. The van der Waals surface area contributed by atoms with Gasteiger partial charge in [-0.3, -0.25) is 0 Å². The summed E-state index contributed by atoms with van der Waals surface area (Å²) in [5.41, 5.74) is 7.05. The van der Waals surface area contributed by atoms with Crippen LogP contribution in [0.2, 0.25) is 0 Å². The maximum Gasteiger partial charge on any atom is 0.223 e. The van der Waals surface area contributed by atoms with Crippen LogP contribution in [-0.4, -0.2) is 26.9 Å². The van der Waals surface area contributed by atoms with E-state index in [1.165, 1.54) is 19.3 Å². The molecule has 6 heteroatoms. The highest BCUT2D eigenvalue weighted by Gasteiger charge is 2.28. The largest absolute Gasteiger partial charge is 0.474 e. The first-order valence-corrected chi connectivity index (χ1v) is 7.26. The quantitative estimate of drug-likeness (QED) is 0.383. The van der Waals surface area contributed by atoms with Crippen LogP contribution in [0.4, 0.5) is 0 Å². The number of nitrogens with zero attached hydrogens (tertiary/aromatic N) is 3. The minimum absolute atomic E-state index is 0.0504. The standard InChI is InChI=1S/C14H24N4O2/c1-4-10-7-5-6-8-11(10)20-14-12(13(15)17-19)9(2)16-18(14)3/h10-11,19H,4-8H2,1-3H3,(H2,15,17). The number of aryl methyl sites for hydroxylation is 2. The third kappa shape index (κ3) is 2.73. The lowest BCUT2D eigenvalue weighted by molar-refractivity contribution is 0.0813. The molecule has 2 atom stereocenters. The summed E-state index contributed by atoms with van der Waals surface area (Å²) >= 11 is 0. The Balaban J connectivity index is 2.28. The monoisotopic (exact) mass is 280 g/mol. The van der Waals surface area contributed by atoms with Gasteiger partial charge in [-0.1, -0.05) is 18.5 Å². The molecule has 3 N–H and O–H groups in total. The van der Waals surface area contributed by atoms with Crippen LogP contribution in [0.5, 0.6) is 5.88 Å². The van der Waals surface area contributed by atoms with Gasteiger partial charge in [-0.2, -0.15) is 5.10 Å². The summed E-state index contributed by atoms with van der Waals surface area (Å²) in [6, 6.07) is 0. The van der Waals surface area contributed by atoms with E-state index in [4.69, 9.17) is 15.7 Å². The van der Waals surface area contributed by atoms with E-state index in [1.807, 2.05) is 14.0 Å². The first kappa shape index (κ1) is 14.7. The Bertz CT molecular complexity index is 496. The third-order valence-corrected chi connectivity index (χ3v) is 4.16. The average molecular weight is 280 g/mol. The molecule has 0 aromatic carbocycles. The van der Waals surface area contributed by atoms with Crippen LogP contribution in [0.1, 0.15) is 50.3 Å². The van der Waals surface area contributed by atoms with Gasteiger partial charge >= 0.3 is 0 Å². The molecule has 1 aliphatic rings. The molecular weight excluding hydrogens is 256 g/mol. The van der Waals surface area contributed by atoms with E-state index in [2.05, 4.69) is 17.2 Å². The van der Waals surface area contributed by atoms with E-state index >= 15 is 0 Å². The van der Waals surface area contributed by atoms with Crippen LogP contribution in [0, 0.1) is 12.8 Å². The van der Waals surface area contributed by atoms with Gasteiger partial charge in [0.2, 0.25) is 5.88 Å². The minimum Gasteiger partial charge on any atom is -0.474 e. The van der Waals surface area contributed by atoms with Crippen molar-refractivity contribution in [3.63, 3.8) is 0 Å². The number of aromatic nitrogens is 2. The predicted octanol–water partition coefficient (Wildman–Crippen LogP) is 2.17. The van der Waals surface area contributed by atoms with Gasteiger partial charge in [-0.15, -0.1) is 0 Å². The molecule has 1 saturated carbocycles. The molecule has 1 heterocycles. The Morgan fingerprint density at radius 3 is 2.85 bits per heavy atom. The second-order valence-electron chi connectivity index (χ2n) is 5.48. The number of hydrogen-bond acceptors (Lipinski definition) is 4. The van der Waals surface area contributed by atoms with Crippen molar-refractivity contribution in [2.24, 2.45) is 23.9 Å². The molecule has 0 aliphatic heterocycles.